The molecule has 0 amide bonds. The normalized spacial score (nSPS) is 14.7. The Labute approximate surface area is 60.3 Å². The Bertz CT molecular complexity index is 255. The summed E-state index contributed by atoms with van der Waals surface area (Å²) in [6.07, 6.45) is 0. The molecule has 9 heavy (non-hydrogen) atoms. The van der Waals surface area contributed by atoms with Crippen molar-refractivity contribution >= 4 is 30.3 Å². The van der Waals surface area contributed by atoms with E-state index in [9.17, 15) is 0 Å². The number of hydrogen-bond donors (Lipinski definition) is 1. The Kier molecular flexibility index (Phi) is 1.17. The number of rotatable bonds is 0. The quantitative estimate of drug-likeness (QED) is 0.561. The molecule has 1 N–H and O–H groups in total. The minimum atomic E-state index is 0.316. The Morgan fingerprint density at radius 3 is 3.00 bits per heavy atom. The van der Waals surface area contributed by atoms with Crippen molar-refractivity contribution in [1.29, 1.82) is 0 Å². The average Bonchev–Trinajstić information content (AvgIpc) is 2.33. The van der Waals surface area contributed by atoms with Gasteiger partial charge in [0.2, 0.25) is 0 Å². The van der Waals surface area contributed by atoms with Crippen LogP contribution in [0.4, 0.5) is 5.69 Å². The number of hydrogen-bond acceptors (Lipinski definition) is 1. The van der Waals surface area contributed by atoms with Crippen molar-refractivity contribution < 1.29 is 0 Å². The molecule has 0 spiro atoms. The first-order valence-electron chi connectivity index (χ1n) is 2.85. The van der Waals surface area contributed by atoms with E-state index in [-0.39, 0.29) is 0 Å². The maximum atomic E-state index is 3.22. The van der Waals surface area contributed by atoms with E-state index in [4.69, 9.17) is 0 Å². The summed E-state index contributed by atoms with van der Waals surface area (Å²) in [5.74, 6) is 0. The molecule has 1 aromatic rings. The van der Waals surface area contributed by atoms with E-state index in [0.29, 0.717) is 15.3 Å². The van der Waals surface area contributed by atoms with Crippen LogP contribution in [0.25, 0.3) is 0 Å². The molecular weight excluding hydrogens is 173 g/mol. The molecule has 1 aliphatic rings. The third-order valence-corrected chi connectivity index (χ3v) is 3.27. The van der Waals surface area contributed by atoms with Crippen LogP contribution < -0.4 is 9.67 Å². The molecule has 2 rings (SSSR count). The van der Waals surface area contributed by atoms with Gasteiger partial charge in [0, 0.05) is 0 Å². The first-order valence-corrected chi connectivity index (χ1v) is 4.87. The van der Waals surface area contributed by atoms with Crippen LogP contribution >= 0.6 is 0 Å². The Hall–Kier alpha value is -0.552. The fraction of sp³-hybridized carbons (Fsp3) is 0. The summed E-state index contributed by atoms with van der Waals surface area (Å²) in [5, 5.41) is 3.22. The van der Waals surface area contributed by atoms with Gasteiger partial charge in [-0.3, -0.25) is 0 Å². The monoisotopic (exact) mass is 179 g/mol. The van der Waals surface area contributed by atoms with Crippen LogP contribution in [0.1, 0.15) is 0 Å². The molecule has 0 bridgehead atoms. The SMILES string of the molecule is C1=[As]c2ccccc2N1. The maximum absolute atomic E-state index is 3.22. The first kappa shape index (κ1) is 5.25. The van der Waals surface area contributed by atoms with Crippen LogP contribution in [0, 0.1) is 0 Å². The minimum absolute atomic E-state index is 0.316. The van der Waals surface area contributed by atoms with Crippen LogP contribution in [-0.4, -0.2) is 20.2 Å². The molecule has 0 saturated carbocycles. The van der Waals surface area contributed by atoms with Gasteiger partial charge in [0.1, 0.15) is 0 Å². The van der Waals surface area contributed by atoms with Crippen LogP contribution in [-0.2, 0) is 0 Å². The molecule has 0 atom stereocenters. The predicted molar refractivity (Wildman–Crippen MR) is 41.5 cm³/mol. The molecule has 0 radical (unpaired) electrons. The molecule has 0 fully saturated rings. The van der Waals surface area contributed by atoms with Crippen molar-refractivity contribution in [2.75, 3.05) is 5.32 Å². The van der Waals surface area contributed by atoms with E-state index in [1.807, 2.05) is 0 Å². The standard InChI is InChI=1S/C7H6AsN/c1-2-4-7-6(3-1)8-5-9-7/h1-5,9H. The third kappa shape index (κ3) is 0.817. The number of fused-ring (bicyclic) bond motifs is 1. The van der Waals surface area contributed by atoms with Gasteiger partial charge in [0.05, 0.1) is 0 Å². The second-order valence-electron chi connectivity index (χ2n) is 1.92. The predicted octanol–water partition coefficient (Wildman–Crippen LogP) is 0.201. The second kappa shape index (κ2) is 2.00. The van der Waals surface area contributed by atoms with Crippen LogP contribution in [0.2, 0.25) is 0 Å². The molecule has 1 nitrogen and oxygen atoms in total. The number of nitrogens with one attached hydrogen (secondary N) is 1. The molecule has 44 valence electrons. The second-order valence-corrected chi connectivity index (χ2v) is 4.01. The van der Waals surface area contributed by atoms with Gasteiger partial charge in [-0.2, -0.15) is 0 Å². The molecule has 0 saturated heterocycles. The van der Waals surface area contributed by atoms with Crippen molar-refractivity contribution in [1.82, 2.24) is 0 Å². The number of benzene rings is 1. The summed E-state index contributed by atoms with van der Waals surface area (Å²) in [6.45, 7) is 0. The van der Waals surface area contributed by atoms with Gasteiger partial charge >= 0.3 is 59.9 Å². The number of anilines is 1. The molecular formula is C7H6AsN. The van der Waals surface area contributed by atoms with E-state index < -0.39 is 0 Å². The molecule has 1 aromatic carbocycles. The van der Waals surface area contributed by atoms with Crippen molar-refractivity contribution in [3.63, 3.8) is 0 Å². The van der Waals surface area contributed by atoms with Gasteiger partial charge < -0.3 is 0 Å². The van der Waals surface area contributed by atoms with Crippen LogP contribution in [0.3, 0.4) is 0 Å². The van der Waals surface area contributed by atoms with Crippen molar-refractivity contribution in [2.24, 2.45) is 0 Å². The van der Waals surface area contributed by atoms with E-state index in [1.165, 1.54) is 10.0 Å². The van der Waals surface area contributed by atoms with Gasteiger partial charge in [0.15, 0.2) is 0 Å². The summed E-state index contributed by atoms with van der Waals surface area (Å²) in [4.78, 5) is 2.17. The molecule has 2 heteroatoms. The molecule has 1 heterocycles. The molecule has 0 unspecified atom stereocenters. The van der Waals surface area contributed by atoms with Crippen molar-refractivity contribution in [3.8, 4) is 0 Å². The van der Waals surface area contributed by atoms with Crippen molar-refractivity contribution in [3.05, 3.63) is 24.3 Å². The van der Waals surface area contributed by atoms with Gasteiger partial charge in [-0.1, -0.05) is 0 Å². The van der Waals surface area contributed by atoms with E-state index in [1.54, 1.807) is 0 Å². The van der Waals surface area contributed by atoms with Gasteiger partial charge in [-0.25, -0.2) is 0 Å². The van der Waals surface area contributed by atoms with E-state index >= 15 is 0 Å². The van der Waals surface area contributed by atoms with Gasteiger partial charge in [-0.05, 0) is 0 Å². The number of para-hydroxylation sites is 1. The van der Waals surface area contributed by atoms with E-state index in [2.05, 4.69) is 34.5 Å². The topological polar surface area (TPSA) is 12.0 Å². The van der Waals surface area contributed by atoms with Crippen molar-refractivity contribution in [2.45, 2.75) is 0 Å². The molecule has 1 aliphatic heterocycles. The van der Waals surface area contributed by atoms with Gasteiger partial charge in [-0.15, -0.1) is 0 Å². The zero-order valence-corrected chi connectivity index (χ0v) is 6.71. The zero-order valence-electron chi connectivity index (χ0n) is 4.83. The summed E-state index contributed by atoms with van der Waals surface area (Å²) in [6, 6.07) is 8.46. The Morgan fingerprint density at radius 2 is 2.11 bits per heavy atom. The zero-order chi connectivity index (χ0) is 6.10. The summed E-state index contributed by atoms with van der Waals surface area (Å²) in [7, 11) is 0. The van der Waals surface area contributed by atoms with Crippen LogP contribution in [0.15, 0.2) is 24.3 Å². The Balaban J connectivity index is 2.63. The van der Waals surface area contributed by atoms with Gasteiger partial charge in [0.25, 0.3) is 0 Å². The summed E-state index contributed by atoms with van der Waals surface area (Å²) < 4.78 is 1.49. The summed E-state index contributed by atoms with van der Waals surface area (Å²) in [5.41, 5.74) is 1.30. The first-order chi connectivity index (χ1) is 4.47. The van der Waals surface area contributed by atoms with E-state index in [0.717, 1.165) is 0 Å². The summed E-state index contributed by atoms with van der Waals surface area (Å²) >= 11 is 0.316. The molecule has 0 aromatic heterocycles. The Morgan fingerprint density at radius 1 is 1.22 bits per heavy atom. The molecule has 0 aliphatic carbocycles. The van der Waals surface area contributed by atoms with Crippen LogP contribution in [0.5, 0.6) is 0 Å². The fourth-order valence-corrected chi connectivity index (χ4v) is 2.54. The average molecular weight is 179 g/mol. The fourth-order valence-electron chi connectivity index (χ4n) is 0.880. The third-order valence-electron chi connectivity index (χ3n) is 1.33.